The zero-order valence-corrected chi connectivity index (χ0v) is 11.4. The fraction of sp³-hybridized carbons (Fsp3) is 0.143. The highest BCUT2D eigenvalue weighted by atomic mass is 35.5. The van der Waals surface area contributed by atoms with E-state index >= 15 is 0 Å². The summed E-state index contributed by atoms with van der Waals surface area (Å²) in [6.07, 6.45) is 1.27. The fourth-order valence-corrected chi connectivity index (χ4v) is 1.80. The number of aromatic nitrogens is 1. The van der Waals surface area contributed by atoms with Crippen molar-refractivity contribution in [1.82, 2.24) is 4.98 Å². The highest BCUT2D eigenvalue weighted by molar-refractivity contribution is 6.31. The normalized spacial score (nSPS) is 10.2. The van der Waals surface area contributed by atoms with Crippen LogP contribution in [0.25, 0.3) is 0 Å². The van der Waals surface area contributed by atoms with Gasteiger partial charge in [-0.05, 0) is 37.3 Å². The molecule has 0 bridgehead atoms. The van der Waals surface area contributed by atoms with Gasteiger partial charge >= 0.3 is 0 Å². The lowest BCUT2D eigenvalue weighted by Gasteiger charge is -2.12. The van der Waals surface area contributed by atoms with E-state index in [2.05, 4.69) is 10.3 Å². The van der Waals surface area contributed by atoms with Crippen molar-refractivity contribution in [2.45, 2.75) is 6.92 Å². The lowest BCUT2D eigenvalue weighted by Crippen LogP contribution is -2.15. The van der Waals surface area contributed by atoms with Crippen LogP contribution in [0.1, 0.15) is 17.3 Å². The number of carbonyl (C=O) groups excluding carboxylic acids is 1. The van der Waals surface area contributed by atoms with Crippen LogP contribution in [-0.2, 0) is 0 Å². The van der Waals surface area contributed by atoms with E-state index < -0.39 is 11.9 Å². The number of carbonyl (C=O) groups is 1. The highest BCUT2D eigenvalue weighted by Crippen LogP contribution is 2.28. The molecule has 0 radical (unpaired) electrons. The summed E-state index contributed by atoms with van der Waals surface area (Å²) in [7, 11) is 0. The minimum atomic E-state index is -0.829. The summed E-state index contributed by atoms with van der Waals surface area (Å²) < 4.78 is 18.8. The zero-order valence-electron chi connectivity index (χ0n) is 10.7. The number of rotatable bonds is 4. The van der Waals surface area contributed by atoms with Crippen LogP contribution in [0.15, 0.2) is 36.5 Å². The second-order valence-corrected chi connectivity index (χ2v) is 4.31. The maximum atomic E-state index is 13.4. The predicted molar refractivity (Wildman–Crippen MR) is 74.8 cm³/mol. The van der Waals surface area contributed by atoms with E-state index in [1.165, 1.54) is 18.3 Å². The topological polar surface area (TPSA) is 51.2 Å². The zero-order chi connectivity index (χ0) is 14.5. The molecule has 0 aliphatic carbocycles. The molecular formula is C14H12ClFN2O2. The quantitative estimate of drug-likeness (QED) is 0.878. The molecule has 0 unspecified atom stereocenters. The van der Waals surface area contributed by atoms with Crippen molar-refractivity contribution in [1.29, 1.82) is 0 Å². The third-order valence-electron chi connectivity index (χ3n) is 2.49. The van der Waals surface area contributed by atoms with Gasteiger partial charge in [0.2, 0.25) is 5.95 Å². The van der Waals surface area contributed by atoms with Crippen LogP contribution >= 0.6 is 11.6 Å². The third-order valence-corrected chi connectivity index (χ3v) is 2.73. The Kier molecular flexibility index (Phi) is 4.53. The summed E-state index contributed by atoms with van der Waals surface area (Å²) in [4.78, 5) is 15.4. The number of anilines is 1. The monoisotopic (exact) mass is 294 g/mol. The Balaban J connectivity index is 2.27. The van der Waals surface area contributed by atoms with E-state index in [4.69, 9.17) is 16.3 Å². The van der Waals surface area contributed by atoms with Crippen LogP contribution in [0.3, 0.4) is 0 Å². The lowest BCUT2D eigenvalue weighted by atomic mass is 10.2. The molecule has 0 atom stereocenters. The molecule has 4 nitrogen and oxygen atoms in total. The maximum absolute atomic E-state index is 13.4. The summed E-state index contributed by atoms with van der Waals surface area (Å²) in [6, 6.07) is 7.66. The summed E-state index contributed by atoms with van der Waals surface area (Å²) in [6.45, 7) is 2.26. The first kappa shape index (κ1) is 14.3. The number of hydrogen-bond acceptors (Lipinski definition) is 3. The van der Waals surface area contributed by atoms with Crippen molar-refractivity contribution in [2.75, 3.05) is 11.9 Å². The Bertz CT molecular complexity index is 634. The second kappa shape index (κ2) is 6.34. The number of nitrogens with one attached hydrogen (secondary N) is 1. The molecule has 0 aliphatic rings. The minimum absolute atomic E-state index is 0.144. The van der Waals surface area contributed by atoms with Gasteiger partial charge in [-0.15, -0.1) is 0 Å². The van der Waals surface area contributed by atoms with Crippen LogP contribution in [-0.4, -0.2) is 17.5 Å². The van der Waals surface area contributed by atoms with E-state index in [0.717, 1.165) is 0 Å². The van der Waals surface area contributed by atoms with Crippen molar-refractivity contribution >= 4 is 23.2 Å². The van der Waals surface area contributed by atoms with Gasteiger partial charge in [0, 0.05) is 11.2 Å². The van der Waals surface area contributed by atoms with Gasteiger partial charge in [0.1, 0.15) is 5.75 Å². The first-order valence-electron chi connectivity index (χ1n) is 5.96. The molecule has 0 spiro atoms. The number of pyridine rings is 1. The average molecular weight is 295 g/mol. The van der Waals surface area contributed by atoms with Gasteiger partial charge in [-0.3, -0.25) is 4.79 Å². The van der Waals surface area contributed by atoms with Gasteiger partial charge in [-0.25, -0.2) is 4.98 Å². The SMILES string of the molecule is CCOc1ccc(Cl)cc1NC(=O)c1cccnc1F. The van der Waals surface area contributed by atoms with Crippen molar-refractivity contribution in [3.8, 4) is 5.75 Å². The number of halogens is 2. The standard InChI is InChI=1S/C14H12ClFN2O2/c1-2-20-12-6-5-9(15)8-11(12)18-14(19)10-4-3-7-17-13(10)16/h3-8H,2H2,1H3,(H,18,19). The summed E-state index contributed by atoms with van der Waals surface area (Å²) >= 11 is 5.88. The number of amides is 1. The fourth-order valence-electron chi connectivity index (χ4n) is 1.63. The van der Waals surface area contributed by atoms with E-state index in [9.17, 15) is 9.18 Å². The molecule has 1 heterocycles. The molecule has 0 saturated carbocycles. The Hall–Kier alpha value is -2.14. The Morgan fingerprint density at radius 1 is 1.45 bits per heavy atom. The van der Waals surface area contributed by atoms with E-state index in [1.807, 2.05) is 6.92 Å². The molecule has 0 saturated heterocycles. The van der Waals surface area contributed by atoms with E-state index in [1.54, 1.807) is 18.2 Å². The molecule has 1 N–H and O–H groups in total. The van der Waals surface area contributed by atoms with Gasteiger partial charge < -0.3 is 10.1 Å². The Morgan fingerprint density at radius 3 is 2.95 bits per heavy atom. The van der Waals surface area contributed by atoms with Crippen LogP contribution in [0.2, 0.25) is 5.02 Å². The lowest BCUT2D eigenvalue weighted by molar-refractivity contribution is 0.102. The van der Waals surface area contributed by atoms with E-state index in [-0.39, 0.29) is 5.56 Å². The molecule has 1 aromatic heterocycles. The molecule has 104 valence electrons. The van der Waals surface area contributed by atoms with Crippen LogP contribution in [0.5, 0.6) is 5.75 Å². The smallest absolute Gasteiger partial charge is 0.260 e. The molecular weight excluding hydrogens is 283 g/mol. The molecule has 2 rings (SSSR count). The predicted octanol–water partition coefficient (Wildman–Crippen LogP) is 3.53. The second-order valence-electron chi connectivity index (χ2n) is 3.87. The molecule has 0 fully saturated rings. The van der Waals surface area contributed by atoms with Crippen molar-refractivity contribution in [2.24, 2.45) is 0 Å². The summed E-state index contributed by atoms with van der Waals surface area (Å²) in [5.41, 5.74) is 0.238. The Morgan fingerprint density at radius 2 is 2.25 bits per heavy atom. The van der Waals surface area contributed by atoms with Crippen molar-refractivity contribution in [3.63, 3.8) is 0 Å². The van der Waals surface area contributed by atoms with Crippen LogP contribution in [0, 0.1) is 5.95 Å². The van der Waals surface area contributed by atoms with Gasteiger partial charge in [-0.2, -0.15) is 4.39 Å². The van der Waals surface area contributed by atoms with Crippen LogP contribution < -0.4 is 10.1 Å². The summed E-state index contributed by atoms with van der Waals surface area (Å²) in [5.74, 6) is -0.974. The van der Waals surface area contributed by atoms with Crippen molar-refractivity contribution in [3.05, 3.63) is 53.1 Å². The number of nitrogens with zero attached hydrogens (tertiary/aromatic N) is 1. The molecule has 1 amide bonds. The van der Waals surface area contributed by atoms with E-state index in [0.29, 0.717) is 23.1 Å². The van der Waals surface area contributed by atoms with Gasteiger partial charge in [0.15, 0.2) is 0 Å². The molecule has 2 aromatic rings. The Labute approximate surface area is 120 Å². The molecule has 6 heteroatoms. The first-order valence-corrected chi connectivity index (χ1v) is 6.34. The maximum Gasteiger partial charge on any atom is 0.260 e. The highest BCUT2D eigenvalue weighted by Gasteiger charge is 2.14. The first-order chi connectivity index (χ1) is 9.61. The molecule has 0 aliphatic heterocycles. The van der Waals surface area contributed by atoms with Gasteiger partial charge in [0.25, 0.3) is 5.91 Å². The third kappa shape index (κ3) is 3.24. The number of benzene rings is 1. The average Bonchev–Trinajstić information content (AvgIpc) is 2.42. The number of ether oxygens (including phenoxy) is 1. The number of hydrogen-bond donors (Lipinski definition) is 1. The largest absolute Gasteiger partial charge is 0.492 e. The molecule has 1 aromatic carbocycles. The van der Waals surface area contributed by atoms with Gasteiger partial charge in [0.05, 0.1) is 17.9 Å². The van der Waals surface area contributed by atoms with Crippen LogP contribution in [0.4, 0.5) is 10.1 Å². The summed E-state index contributed by atoms with van der Waals surface area (Å²) in [5, 5.41) is 3.01. The molecule has 20 heavy (non-hydrogen) atoms. The minimum Gasteiger partial charge on any atom is -0.492 e. The van der Waals surface area contributed by atoms with Crippen molar-refractivity contribution < 1.29 is 13.9 Å². The van der Waals surface area contributed by atoms with Gasteiger partial charge in [-0.1, -0.05) is 11.6 Å².